The van der Waals surface area contributed by atoms with Crippen molar-refractivity contribution in [3.8, 4) is 5.75 Å². The molecule has 0 unspecified atom stereocenters. The minimum Gasteiger partial charge on any atom is -0.487 e. The van der Waals surface area contributed by atoms with Crippen LogP contribution in [0.1, 0.15) is 20.8 Å². The molecule has 0 spiro atoms. The second-order valence-corrected chi connectivity index (χ2v) is 4.71. The van der Waals surface area contributed by atoms with Crippen LogP contribution in [-0.2, 0) is 6.61 Å². The van der Waals surface area contributed by atoms with Gasteiger partial charge in [0.05, 0.1) is 0 Å². The van der Waals surface area contributed by atoms with E-state index in [0.717, 1.165) is 10.4 Å². The van der Waals surface area contributed by atoms with E-state index in [9.17, 15) is 4.79 Å². The number of ether oxygens (including phenoxy) is 1. The van der Waals surface area contributed by atoms with E-state index in [2.05, 4.69) is 0 Å². The van der Waals surface area contributed by atoms with E-state index in [1.165, 1.54) is 0 Å². The molecule has 0 atom stereocenters. The first-order valence-electron chi connectivity index (χ1n) is 5.16. The van der Waals surface area contributed by atoms with Crippen molar-refractivity contribution in [3.05, 3.63) is 51.7 Å². The molecule has 2 aromatic rings. The molecule has 0 bridgehead atoms. The van der Waals surface area contributed by atoms with Crippen LogP contribution >= 0.6 is 11.3 Å². The van der Waals surface area contributed by atoms with E-state index in [1.807, 2.05) is 30.5 Å². The van der Waals surface area contributed by atoms with Crippen molar-refractivity contribution in [1.29, 1.82) is 0 Å². The van der Waals surface area contributed by atoms with Crippen molar-refractivity contribution in [2.24, 2.45) is 0 Å². The van der Waals surface area contributed by atoms with Gasteiger partial charge in [-0.25, -0.2) is 4.79 Å². The molecule has 1 heterocycles. The number of hydrogen-bond acceptors (Lipinski definition) is 3. The maximum atomic E-state index is 11.1. The van der Waals surface area contributed by atoms with Crippen molar-refractivity contribution in [1.82, 2.24) is 0 Å². The summed E-state index contributed by atoms with van der Waals surface area (Å²) in [5.41, 5.74) is 1.12. The molecule has 0 saturated carbocycles. The Hall–Kier alpha value is -1.81. The average Bonchev–Trinajstić information content (AvgIpc) is 2.80. The maximum absolute atomic E-state index is 11.1. The predicted octanol–water partition coefficient (Wildman–Crippen LogP) is 3.33. The summed E-state index contributed by atoms with van der Waals surface area (Å²) in [4.78, 5) is 12.1. The van der Waals surface area contributed by atoms with E-state index in [-0.39, 0.29) is 5.56 Å². The summed E-state index contributed by atoms with van der Waals surface area (Å²) in [5.74, 6) is -0.550. The minimum absolute atomic E-state index is 0.210. The van der Waals surface area contributed by atoms with Crippen LogP contribution in [0, 0.1) is 6.92 Å². The Morgan fingerprint density at radius 1 is 1.41 bits per heavy atom. The Bertz CT molecular complexity index is 517. The molecular formula is C13H12O3S. The van der Waals surface area contributed by atoms with Crippen LogP contribution in [0.25, 0.3) is 0 Å². The van der Waals surface area contributed by atoms with E-state index in [1.54, 1.807) is 23.5 Å². The van der Waals surface area contributed by atoms with Crippen LogP contribution < -0.4 is 4.74 Å². The number of hydrogen-bond donors (Lipinski definition) is 1. The van der Waals surface area contributed by atoms with Gasteiger partial charge in [0.25, 0.3) is 0 Å². The molecule has 0 amide bonds. The quantitative estimate of drug-likeness (QED) is 0.902. The zero-order valence-electron chi connectivity index (χ0n) is 9.34. The smallest absolute Gasteiger partial charge is 0.339 e. The third-order valence-corrected chi connectivity index (χ3v) is 3.17. The molecule has 88 valence electrons. The van der Waals surface area contributed by atoms with Gasteiger partial charge in [0.1, 0.15) is 17.9 Å². The number of aromatic carboxylic acids is 1. The van der Waals surface area contributed by atoms with Gasteiger partial charge in [-0.15, -0.1) is 11.3 Å². The summed E-state index contributed by atoms with van der Waals surface area (Å²) in [6.45, 7) is 2.26. The maximum Gasteiger partial charge on any atom is 0.339 e. The number of rotatable bonds is 4. The Balaban J connectivity index is 2.17. The van der Waals surface area contributed by atoms with Gasteiger partial charge < -0.3 is 9.84 Å². The highest BCUT2D eigenvalue weighted by Gasteiger charge is 2.11. The fourth-order valence-corrected chi connectivity index (χ4v) is 2.10. The van der Waals surface area contributed by atoms with Crippen LogP contribution in [0.2, 0.25) is 0 Å². The Labute approximate surface area is 103 Å². The monoisotopic (exact) mass is 248 g/mol. The topological polar surface area (TPSA) is 46.5 Å². The molecule has 4 heteroatoms. The number of carbonyl (C=O) groups is 1. The summed E-state index contributed by atoms with van der Waals surface area (Å²) in [6.07, 6.45) is 0. The van der Waals surface area contributed by atoms with Crippen molar-refractivity contribution < 1.29 is 14.6 Å². The molecule has 1 N–H and O–H groups in total. The lowest BCUT2D eigenvalue weighted by Crippen LogP contribution is -2.03. The van der Waals surface area contributed by atoms with Crippen molar-refractivity contribution in [3.63, 3.8) is 0 Å². The molecule has 0 saturated heterocycles. The van der Waals surface area contributed by atoms with E-state index >= 15 is 0 Å². The van der Waals surface area contributed by atoms with Gasteiger partial charge in [-0.3, -0.25) is 0 Å². The Kier molecular flexibility index (Phi) is 3.44. The zero-order valence-corrected chi connectivity index (χ0v) is 10.2. The summed E-state index contributed by atoms with van der Waals surface area (Å²) >= 11 is 1.59. The highest BCUT2D eigenvalue weighted by atomic mass is 32.1. The standard InChI is InChI=1S/C13H12O3S/c1-9-4-5-12(11(7-9)13(14)15)16-8-10-3-2-6-17-10/h2-7H,8H2,1H3,(H,14,15). The van der Waals surface area contributed by atoms with Crippen molar-refractivity contribution in [2.45, 2.75) is 13.5 Å². The fourth-order valence-electron chi connectivity index (χ4n) is 1.48. The number of carboxylic acids is 1. The second kappa shape index (κ2) is 5.01. The molecule has 0 aliphatic heterocycles. The van der Waals surface area contributed by atoms with Gasteiger partial charge in [-0.1, -0.05) is 17.7 Å². The third-order valence-electron chi connectivity index (χ3n) is 2.32. The lowest BCUT2D eigenvalue weighted by molar-refractivity contribution is 0.0691. The Morgan fingerprint density at radius 2 is 2.24 bits per heavy atom. The van der Waals surface area contributed by atoms with Crippen LogP contribution in [0.3, 0.4) is 0 Å². The van der Waals surface area contributed by atoms with Gasteiger partial charge in [0.15, 0.2) is 0 Å². The first kappa shape index (κ1) is 11.7. The minimum atomic E-state index is -0.963. The fraction of sp³-hybridized carbons (Fsp3) is 0.154. The SMILES string of the molecule is Cc1ccc(OCc2cccs2)c(C(=O)O)c1. The molecule has 0 radical (unpaired) electrons. The molecule has 17 heavy (non-hydrogen) atoms. The third kappa shape index (κ3) is 2.85. The summed E-state index contributed by atoms with van der Waals surface area (Å²) < 4.78 is 5.53. The molecule has 0 aliphatic carbocycles. The van der Waals surface area contributed by atoms with Crippen LogP contribution in [0.15, 0.2) is 35.7 Å². The van der Waals surface area contributed by atoms with Gasteiger partial charge in [-0.05, 0) is 30.5 Å². The lowest BCUT2D eigenvalue weighted by Gasteiger charge is -2.08. The Morgan fingerprint density at radius 3 is 2.88 bits per heavy atom. The number of aryl methyl sites for hydroxylation is 1. The highest BCUT2D eigenvalue weighted by molar-refractivity contribution is 7.09. The summed E-state index contributed by atoms with van der Waals surface area (Å²) in [6, 6.07) is 9.06. The van der Waals surface area contributed by atoms with Gasteiger partial charge >= 0.3 is 5.97 Å². The highest BCUT2D eigenvalue weighted by Crippen LogP contribution is 2.22. The van der Waals surface area contributed by atoms with Crippen molar-refractivity contribution in [2.75, 3.05) is 0 Å². The molecular weight excluding hydrogens is 236 g/mol. The molecule has 0 fully saturated rings. The molecule has 0 aliphatic rings. The molecule has 3 nitrogen and oxygen atoms in total. The molecule has 1 aromatic heterocycles. The summed E-state index contributed by atoms with van der Waals surface area (Å²) in [5, 5.41) is 11.0. The number of thiophene rings is 1. The van der Waals surface area contributed by atoms with Gasteiger partial charge in [0.2, 0.25) is 0 Å². The van der Waals surface area contributed by atoms with Crippen molar-refractivity contribution >= 4 is 17.3 Å². The average molecular weight is 248 g/mol. The second-order valence-electron chi connectivity index (χ2n) is 3.67. The number of benzene rings is 1. The first-order valence-corrected chi connectivity index (χ1v) is 6.04. The van der Waals surface area contributed by atoms with Crippen LogP contribution in [0.5, 0.6) is 5.75 Å². The first-order chi connectivity index (χ1) is 8.16. The normalized spacial score (nSPS) is 10.2. The summed E-state index contributed by atoms with van der Waals surface area (Å²) in [7, 11) is 0. The van der Waals surface area contributed by atoms with E-state index in [0.29, 0.717) is 12.4 Å². The lowest BCUT2D eigenvalue weighted by atomic mass is 10.1. The van der Waals surface area contributed by atoms with Crippen LogP contribution in [0.4, 0.5) is 0 Å². The molecule has 2 rings (SSSR count). The molecule has 1 aromatic carbocycles. The predicted molar refractivity (Wildman–Crippen MR) is 66.8 cm³/mol. The largest absolute Gasteiger partial charge is 0.487 e. The van der Waals surface area contributed by atoms with Crippen LogP contribution in [-0.4, -0.2) is 11.1 Å². The van der Waals surface area contributed by atoms with Gasteiger partial charge in [0, 0.05) is 4.88 Å². The van der Waals surface area contributed by atoms with E-state index in [4.69, 9.17) is 9.84 Å². The zero-order chi connectivity index (χ0) is 12.3. The number of carboxylic acid groups (broad SMARTS) is 1. The van der Waals surface area contributed by atoms with E-state index < -0.39 is 5.97 Å². The van der Waals surface area contributed by atoms with Gasteiger partial charge in [-0.2, -0.15) is 0 Å².